The highest BCUT2D eigenvalue weighted by molar-refractivity contribution is 5.96. The van der Waals surface area contributed by atoms with Crippen LogP contribution in [0.1, 0.15) is 70.3 Å². The SMILES string of the molecule is CCn1nc(C)cc1C=O.CN.CNc1nc2cc(C=O)cc(OC)c2n1C/C=C/CNc1c(N)cc(C(N)=O)cc1OC/C=C/Cn1ncc(CNC(=O)OC(C)(C)C)n1. The van der Waals surface area contributed by atoms with Crippen LogP contribution >= 0.6 is 0 Å². The van der Waals surface area contributed by atoms with Crippen molar-refractivity contribution in [1.29, 1.82) is 0 Å². The van der Waals surface area contributed by atoms with Crippen molar-refractivity contribution in [2.24, 2.45) is 11.5 Å². The number of aromatic nitrogens is 7. The number of primary amides is 1. The molecule has 5 aromatic rings. The number of rotatable bonds is 18. The number of nitrogens with zero attached hydrogens (tertiary/aromatic N) is 7. The minimum absolute atomic E-state index is 0.161. The van der Waals surface area contributed by atoms with Crippen molar-refractivity contribution < 1.29 is 33.4 Å². The molecule has 0 atom stereocenters. The van der Waals surface area contributed by atoms with E-state index in [2.05, 4.69) is 42.0 Å². The number of aldehydes is 2. The number of aryl methyl sites for hydroxylation is 2. The molecule has 61 heavy (non-hydrogen) atoms. The Bertz CT molecular complexity index is 2300. The van der Waals surface area contributed by atoms with E-state index < -0.39 is 17.6 Å². The van der Waals surface area contributed by atoms with Gasteiger partial charge in [0, 0.05) is 37.8 Å². The van der Waals surface area contributed by atoms with Gasteiger partial charge in [-0.1, -0.05) is 18.2 Å². The Balaban J connectivity index is 0.000000716. The molecule has 0 spiro atoms. The van der Waals surface area contributed by atoms with E-state index in [0.29, 0.717) is 70.9 Å². The first kappa shape index (κ1) is 48.2. The summed E-state index contributed by atoms with van der Waals surface area (Å²) in [6.07, 6.45) is 10.1. The van der Waals surface area contributed by atoms with Gasteiger partial charge in [0.15, 0.2) is 6.29 Å². The van der Waals surface area contributed by atoms with Crippen LogP contribution in [0.4, 0.5) is 22.1 Å². The van der Waals surface area contributed by atoms with E-state index in [0.717, 1.165) is 30.3 Å². The van der Waals surface area contributed by atoms with Crippen LogP contribution in [-0.2, 0) is 30.9 Å². The van der Waals surface area contributed by atoms with Gasteiger partial charge in [-0.05, 0) is 78.1 Å². The lowest BCUT2D eigenvalue weighted by Gasteiger charge is -2.19. The molecule has 328 valence electrons. The van der Waals surface area contributed by atoms with Gasteiger partial charge in [-0.3, -0.25) is 19.1 Å². The van der Waals surface area contributed by atoms with E-state index in [4.69, 9.17) is 25.7 Å². The number of amides is 2. The molecule has 3 heterocycles. The number of hydrogen-bond acceptors (Lipinski definition) is 15. The van der Waals surface area contributed by atoms with Crippen molar-refractivity contribution in [3.05, 3.63) is 89.0 Å². The van der Waals surface area contributed by atoms with Gasteiger partial charge in [-0.15, -0.1) is 0 Å². The molecule has 0 unspecified atom stereocenters. The number of carbonyl (C=O) groups excluding carboxylic acids is 4. The number of methoxy groups -OCH3 is 1. The number of nitrogen functional groups attached to an aromatic ring is 1. The number of imidazole rings is 1. The Morgan fingerprint density at radius 2 is 1.69 bits per heavy atom. The molecule has 0 radical (unpaired) electrons. The molecule has 2 aromatic carbocycles. The van der Waals surface area contributed by atoms with Crippen LogP contribution in [0.3, 0.4) is 0 Å². The lowest BCUT2D eigenvalue weighted by Crippen LogP contribution is -2.32. The molecular weight excluding hydrogens is 787 g/mol. The zero-order valence-electron chi connectivity index (χ0n) is 35.9. The molecule has 3 aromatic heterocycles. The van der Waals surface area contributed by atoms with E-state index in [1.54, 1.807) is 70.1 Å². The molecule has 0 aliphatic heterocycles. The number of alkyl carbamates (subject to hydrolysis) is 1. The zero-order valence-corrected chi connectivity index (χ0v) is 35.9. The van der Waals surface area contributed by atoms with Crippen LogP contribution in [0.25, 0.3) is 11.0 Å². The van der Waals surface area contributed by atoms with Crippen molar-refractivity contribution in [1.82, 2.24) is 39.6 Å². The predicted molar refractivity (Wildman–Crippen MR) is 234 cm³/mol. The summed E-state index contributed by atoms with van der Waals surface area (Å²) in [5.41, 5.74) is 20.7. The minimum atomic E-state index is -0.635. The van der Waals surface area contributed by atoms with E-state index in [1.807, 2.05) is 36.6 Å². The van der Waals surface area contributed by atoms with Gasteiger partial charge in [-0.25, -0.2) is 9.78 Å². The van der Waals surface area contributed by atoms with Gasteiger partial charge in [0.05, 0.1) is 43.3 Å². The second-order valence-electron chi connectivity index (χ2n) is 13.8. The van der Waals surface area contributed by atoms with Gasteiger partial charge in [-0.2, -0.15) is 20.1 Å². The maximum absolute atomic E-state index is 11.9. The van der Waals surface area contributed by atoms with Crippen molar-refractivity contribution in [2.75, 3.05) is 50.7 Å². The Hall–Kier alpha value is -7.22. The highest BCUT2D eigenvalue weighted by Crippen LogP contribution is 2.33. The largest absolute Gasteiger partial charge is 0.494 e. The quantitative estimate of drug-likeness (QED) is 0.0412. The minimum Gasteiger partial charge on any atom is -0.494 e. The van der Waals surface area contributed by atoms with Crippen molar-refractivity contribution >= 4 is 52.9 Å². The van der Waals surface area contributed by atoms with Crippen molar-refractivity contribution in [2.45, 2.75) is 66.4 Å². The molecule has 0 fully saturated rings. The topological polar surface area (TPSA) is 276 Å². The Morgan fingerprint density at radius 1 is 0.951 bits per heavy atom. The number of nitrogens with two attached hydrogens (primary N) is 3. The lowest BCUT2D eigenvalue weighted by atomic mass is 10.1. The highest BCUT2D eigenvalue weighted by Gasteiger charge is 2.17. The third-order valence-corrected chi connectivity index (χ3v) is 8.20. The van der Waals surface area contributed by atoms with Crippen LogP contribution in [-0.4, -0.2) is 98.9 Å². The third-order valence-electron chi connectivity index (χ3n) is 8.20. The average molecular weight is 844 g/mol. The summed E-state index contributed by atoms with van der Waals surface area (Å²) in [4.78, 5) is 51.5. The van der Waals surface area contributed by atoms with E-state index in [1.165, 1.54) is 24.0 Å². The molecule has 20 nitrogen and oxygen atoms in total. The summed E-state index contributed by atoms with van der Waals surface area (Å²) >= 11 is 0. The summed E-state index contributed by atoms with van der Waals surface area (Å²) in [5, 5.41) is 21.6. The normalized spacial score (nSPS) is 11.0. The molecule has 2 amide bonds. The summed E-state index contributed by atoms with van der Waals surface area (Å²) in [6.45, 7) is 11.5. The average Bonchev–Trinajstić information content (AvgIpc) is 3.96. The first-order chi connectivity index (χ1) is 29.2. The summed E-state index contributed by atoms with van der Waals surface area (Å²) < 4.78 is 20.3. The van der Waals surface area contributed by atoms with Gasteiger partial charge in [0.1, 0.15) is 52.6 Å². The summed E-state index contributed by atoms with van der Waals surface area (Å²) in [7, 11) is 4.81. The Kier molecular flexibility index (Phi) is 18.5. The van der Waals surface area contributed by atoms with Crippen LogP contribution in [0.15, 0.2) is 60.8 Å². The molecule has 0 saturated carbocycles. The standard InChI is InChI=1S/C33H42N10O6.C7H10N2O.CH5N/c1-33(2,3)49-32(46)38-18-23-19-39-43(41-23)12-8-9-13-48-26-17-22(30(35)45)16-24(34)28(26)37-10-6-7-11-42-29-25(40-31(42)36-4)14-21(20-44)15-27(29)47-5;1-3-9-7(5-10)4-6(2)8-9;1-2/h6-9,14-17,19-20,37H,10-13,18,34H2,1-5H3,(H2,35,45)(H,36,40)(H,38,46);4-5H,3H2,1-2H3;2H2,1H3/b7-6+,9-8+;;. The fourth-order valence-electron chi connectivity index (χ4n) is 5.62. The summed E-state index contributed by atoms with van der Waals surface area (Å²) in [6, 6.07) is 8.19. The van der Waals surface area contributed by atoms with E-state index in [-0.39, 0.29) is 18.7 Å². The second kappa shape index (κ2) is 23.4. The monoisotopic (exact) mass is 843 g/mol. The lowest BCUT2D eigenvalue weighted by molar-refractivity contribution is 0.0522. The number of carbonyl (C=O) groups is 4. The summed E-state index contributed by atoms with van der Waals surface area (Å²) in [5.74, 6) is 0.872. The number of anilines is 3. The van der Waals surface area contributed by atoms with Gasteiger partial charge in [0.25, 0.3) is 0 Å². The second-order valence-corrected chi connectivity index (χ2v) is 13.8. The molecule has 0 saturated heterocycles. The molecule has 0 aliphatic carbocycles. The molecular formula is C41H57N13O7. The smallest absolute Gasteiger partial charge is 0.407 e. The van der Waals surface area contributed by atoms with E-state index >= 15 is 0 Å². The first-order valence-corrected chi connectivity index (χ1v) is 19.2. The predicted octanol–water partition coefficient (Wildman–Crippen LogP) is 4.10. The maximum atomic E-state index is 11.9. The zero-order chi connectivity index (χ0) is 45.1. The van der Waals surface area contributed by atoms with Gasteiger partial charge in [0.2, 0.25) is 11.9 Å². The Labute approximate surface area is 354 Å². The van der Waals surface area contributed by atoms with Crippen LogP contribution < -0.4 is 42.6 Å². The number of nitrogens with one attached hydrogen (secondary N) is 3. The highest BCUT2D eigenvalue weighted by atomic mass is 16.6. The first-order valence-electron chi connectivity index (χ1n) is 19.2. The van der Waals surface area contributed by atoms with Gasteiger partial charge >= 0.3 is 6.09 Å². The number of allylic oxidation sites excluding steroid dienone is 2. The fraction of sp³-hybridized carbons (Fsp3) is 0.366. The number of fused-ring (bicyclic) bond motifs is 1. The van der Waals surface area contributed by atoms with Crippen LogP contribution in [0.5, 0.6) is 11.5 Å². The molecule has 20 heteroatoms. The molecule has 9 N–H and O–H groups in total. The van der Waals surface area contributed by atoms with Crippen LogP contribution in [0.2, 0.25) is 0 Å². The number of ether oxygens (including phenoxy) is 3. The van der Waals surface area contributed by atoms with Gasteiger partial charge < -0.3 is 51.9 Å². The van der Waals surface area contributed by atoms with E-state index in [9.17, 15) is 19.2 Å². The molecule has 0 bridgehead atoms. The Morgan fingerprint density at radius 3 is 2.31 bits per heavy atom. The number of hydrogen-bond donors (Lipinski definition) is 6. The molecule has 0 aliphatic rings. The number of benzene rings is 2. The van der Waals surface area contributed by atoms with Crippen molar-refractivity contribution in [3.63, 3.8) is 0 Å². The third kappa shape index (κ3) is 14.2. The van der Waals surface area contributed by atoms with Crippen LogP contribution in [0, 0.1) is 6.92 Å². The fourth-order valence-corrected chi connectivity index (χ4v) is 5.62. The molecule has 5 rings (SSSR count). The maximum Gasteiger partial charge on any atom is 0.407 e. The van der Waals surface area contributed by atoms with Crippen molar-refractivity contribution in [3.8, 4) is 11.5 Å².